The van der Waals surface area contributed by atoms with Crippen molar-refractivity contribution >= 4 is 22.6 Å². The van der Waals surface area contributed by atoms with Gasteiger partial charge in [0.15, 0.2) is 0 Å². The van der Waals surface area contributed by atoms with Crippen molar-refractivity contribution in [3.8, 4) is 5.75 Å². The standard InChI is InChI=1S/C28H33F2N3O4/c1-18-17-32-24-4-3-22(37-2)16-23(24)26(18)25(34)5-6-28(27(35)36)7-10-33(11-8-28)12-9-31-21-14-19(29)13-20(30)15-21/h3-4,13-17,25,31,34H,5-12H2,1-2H3,(H,35,36)/t25-/m1/s1. The first kappa shape index (κ1) is 26.8. The second-order valence-electron chi connectivity index (χ2n) is 9.80. The number of halogens is 2. The van der Waals surface area contributed by atoms with Gasteiger partial charge in [-0.15, -0.1) is 0 Å². The number of hydrogen-bond donors (Lipinski definition) is 3. The van der Waals surface area contributed by atoms with Crippen LogP contribution in [0.5, 0.6) is 5.75 Å². The third-order valence-electron chi connectivity index (χ3n) is 7.43. The molecule has 3 N–H and O–H groups in total. The van der Waals surface area contributed by atoms with Crippen LogP contribution >= 0.6 is 0 Å². The van der Waals surface area contributed by atoms with Crippen LogP contribution in [-0.2, 0) is 4.79 Å². The lowest BCUT2D eigenvalue weighted by atomic mass is 9.74. The number of pyridine rings is 1. The fraction of sp³-hybridized carbons (Fsp3) is 0.429. The van der Waals surface area contributed by atoms with Crippen LogP contribution in [0.2, 0.25) is 0 Å². The Labute approximate surface area is 215 Å². The molecule has 0 spiro atoms. The lowest BCUT2D eigenvalue weighted by Crippen LogP contribution is -2.45. The van der Waals surface area contributed by atoms with Crippen molar-refractivity contribution in [1.82, 2.24) is 9.88 Å². The fourth-order valence-electron chi connectivity index (χ4n) is 5.21. The Morgan fingerprint density at radius 1 is 1.19 bits per heavy atom. The number of aryl methyl sites for hydroxylation is 1. The van der Waals surface area contributed by atoms with Crippen LogP contribution in [0.15, 0.2) is 42.6 Å². The topological polar surface area (TPSA) is 94.9 Å². The van der Waals surface area contributed by atoms with Crippen LogP contribution in [0, 0.1) is 24.0 Å². The SMILES string of the molecule is COc1ccc2ncc(C)c([C@H](O)CCC3(C(=O)O)CCN(CCNc4cc(F)cc(F)c4)CC3)c2c1. The maximum absolute atomic E-state index is 13.4. The van der Waals surface area contributed by atoms with E-state index in [1.165, 1.54) is 12.1 Å². The molecule has 0 radical (unpaired) electrons. The van der Waals surface area contributed by atoms with Crippen LogP contribution in [-0.4, -0.2) is 59.4 Å². The van der Waals surface area contributed by atoms with E-state index in [1.807, 2.05) is 25.1 Å². The number of aliphatic hydroxyl groups is 1. The number of anilines is 1. The van der Waals surface area contributed by atoms with E-state index in [1.54, 1.807) is 13.3 Å². The lowest BCUT2D eigenvalue weighted by molar-refractivity contribution is -0.153. The zero-order chi connectivity index (χ0) is 26.6. The molecule has 0 bridgehead atoms. The number of aliphatic carboxylic acids is 1. The molecular weight excluding hydrogens is 480 g/mol. The summed E-state index contributed by atoms with van der Waals surface area (Å²) in [4.78, 5) is 18.9. The number of carboxylic acid groups (broad SMARTS) is 1. The van der Waals surface area contributed by atoms with Crippen LogP contribution in [0.1, 0.15) is 42.9 Å². The number of methoxy groups -OCH3 is 1. The number of likely N-dealkylation sites (tertiary alicyclic amines) is 1. The molecule has 3 aromatic rings. The third kappa shape index (κ3) is 6.17. The Kier molecular flexibility index (Phi) is 8.24. The van der Waals surface area contributed by atoms with Crippen molar-refractivity contribution < 1.29 is 28.5 Å². The summed E-state index contributed by atoms with van der Waals surface area (Å²) >= 11 is 0. The number of aliphatic hydroxyl groups excluding tert-OH is 1. The number of rotatable bonds is 10. The summed E-state index contributed by atoms with van der Waals surface area (Å²) in [6, 6.07) is 8.82. The quantitative estimate of drug-likeness (QED) is 0.354. The summed E-state index contributed by atoms with van der Waals surface area (Å²) in [5.74, 6) is -1.45. The molecule has 1 fully saturated rings. The van der Waals surface area contributed by atoms with Gasteiger partial charge in [0.05, 0.1) is 24.1 Å². The predicted molar refractivity (Wildman–Crippen MR) is 138 cm³/mol. The van der Waals surface area contributed by atoms with Gasteiger partial charge in [-0.25, -0.2) is 8.78 Å². The molecule has 4 rings (SSSR count). The maximum Gasteiger partial charge on any atom is 0.309 e. The molecule has 9 heteroatoms. The van der Waals surface area contributed by atoms with Crippen molar-refractivity contribution in [2.24, 2.45) is 5.41 Å². The highest BCUT2D eigenvalue weighted by Crippen LogP contribution is 2.40. The molecule has 0 aliphatic carbocycles. The van der Waals surface area contributed by atoms with Gasteiger partial charge < -0.3 is 25.2 Å². The molecule has 1 aliphatic rings. The Morgan fingerprint density at radius 2 is 1.89 bits per heavy atom. The number of hydrogen-bond acceptors (Lipinski definition) is 6. The fourth-order valence-corrected chi connectivity index (χ4v) is 5.21. The summed E-state index contributed by atoms with van der Waals surface area (Å²) in [5.41, 5.74) is 1.81. The number of nitrogens with one attached hydrogen (secondary N) is 1. The average molecular weight is 514 g/mol. The average Bonchev–Trinajstić information content (AvgIpc) is 2.87. The summed E-state index contributed by atoms with van der Waals surface area (Å²) in [6.07, 6.45) is 2.50. The molecule has 0 amide bonds. The van der Waals surface area contributed by atoms with Crippen LogP contribution < -0.4 is 10.1 Å². The molecule has 2 heterocycles. The van der Waals surface area contributed by atoms with Gasteiger partial charge >= 0.3 is 5.97 Å². The third-order valence-corrected chi connectivity index (χ3v) is 7.43. The normalized spacial score (nSPS) is 16.5. The number of carbonyl (C=O) groups is 1. The zero-order valence-electron chi connectivity index (χ0n) is 21.1. The number of piperidine rings is 1. The van der Waals surface area contributed by atoms with Gasteiger partial charge in [0, 0.05) is 36.4 Å². The Bertz CT molecular complexity index is 1240. The van der Waals surface area contributed by atoms with Crippen molar-refractivity contribution in [3.63, 3.8) is 0 Å². The van der Waals surface area contributed by atoms with E-state index in [0.29, 0.717) is 63.3 Å². The Balaban J connectivity index is 1.37. The van der Waals surface area contributed by atoms with Gasteiger partial charge in [-0.1, -0.05) is 0 Å². The first-order valence-corrected chi connectivity index (χ1v) is 12.5. The minimum Gasteiger partial charge on any atom is -0.497 e. The summed E-state index contributed by atoms with van der Waals surface area (Å²) in [6.45, 7) is 4.19. The van der Waals surface area contributed by atoms with E-state index >= 15 is 0 Å². The first-order chi connectivity index (χ1) is 17.7. The van der Waals surface area contributed by atoms with E-state index < -0.39 is 29.1 Å². The van der Waals surface area contributed by atoms with Gasteiger partial charge in [-0.05, 0) is 87.2 Å². The zero-order valence-corrected chi connectivity index (χ0v) is 21.1. The monoisotopic (exact) mass is 513 g/mol. The first-order valence-electron chi connectivity index (χ1n) is 12.5. The molecule has 1 aliphatic heterocycles. The largest absolute Gasteiger partial charge is 0.497 e. The number of nitrogens with zero attached hydrogens (tertiary/aromatic N) is 2. The van der Waals surface area contributed by atoms with E-state index in [0.717, 1.165) is 28.1 Å². The van der Waals surface area contributed by atoms with Crippen molar-refractivity contribution in [2.45, 2.75) is 38.7 Å². The number of benzene rings is 2. The predicted octanol–water partition coefficient (Wildman–Crippen LogP) is 4.92. The van der Waals surface area contributed by atoms with E-state index in [9.17, 15) is 23.8 Å². The highest BCUT2D eigenvalue weighted by Gasteiger charge is 2.41. The summed E-state index contributed by atoms with van der Waals surface area (Å²) < 4.78 is 32.1. The molecule has 198 valence electrons. The number of ether oxygens (including phenoxy) is 1. The highest BCUT2D eigenvalue weighted by molar-refractivity contribution is 5.85. The lowest BCUT2D eigenvalue weighted by Gasteiger charge is -2.39. The van der Waals surface area contributed by atoms with Gasteiger partial charge in [-0.3, -0.25) is 9.78 Å². The minimum absolute atomic E-state index is 0.316. The van der Waals surface area contributed by atoms with Crippen LogP contribution in [0.3, 0.4) is 0 Å². The maximum atomic E-state index is 13.4. The highest BCUT2D eigenvalue weighted by atomic mass is 19.1. The molecule has 0 unspecified atom stereocenters. The van der Waals surface area contributed by atoms with Crippen LogP contribution in [0.25, 0.3) is 10.9 Å². The molecule has 2 aromatic carbocycles. The van der Waals surface area contributed by atoms with Crippen LogP contribution in [0.4, 0.5) is 14.5 Å². The van der Waals surface area contributed by atoms with Gasteiger partial charge in [0.2, 0.25) is 0 Å². The summed E-state index contributed by atoms with van der Waals surface area (Å²) in [7, 11) is 1.58. The van der Waals surface area contributed by atoms with Gasteiger partial charge in [0.1, 0.15) is 17.4 Å². The smallest absolute Gasteiger partial charge is 0.309 e. The molecule has 1 aromatic heterocycles. The minimum atomic E-state index is -0.912. The van der Waals surface area contributed by atoms with E-state index in [4.69, 9.17) is 4.74 Å². The second kappa shape index (κ2) is 11.4. The van der Waals surface area contributed by atoms with Crippen molar-refractivity contribution in [1.29, 1.82) is 0 Å². The molecule has 7 nitrogen and oxygen atoms in total. The van der Waals surface area contributed by atoms with Crippen molar-refractivity contribution in [3.05, 3.63) is 65.4 Å². The molecular formula is C28H33F2N3O4. The van der Waals surface area contributed by atoms with Gasteiger partial charge in [-0.2, -0.15) is 0 Å². The Morgan fingerprint density at radius 3 is 2.54 bits per heavy atom. The van der Waals surface area contributed by atoms with Crippen molar-refractivity contribution in [2.75, 3.05) is 38.6 Å². The summed E-state index contributed by atoms with van der Waals surface area (Å²) in [5, 5.41) is 25.1. The number of aromatic nitrogens is 1. The number of fused-ring (bicyclic) bond motifs is 1. The number of carboxylic acids is 1. The molecule has 0 saturated carbocycles. The van der Waals surface area contributed by atoms with E-state index in [2.05, 4.69) is 15.2 Å². The molecule has 1 saturated heterocycles. The molecule has 1 atom stereocenters. The Hall–Kier alpha value is -3.30. The molecule has 37 heavy (non-hydrogen) atoms. The second-order valence-corrected chi connectivity index (χ2v) is 9.80. The van der Waals surface area contributed by atoms with E-state index in [-0.39, 0.29) is 0 Å². The van der Waals surface area contributed by atoms with Gasteiger partial charge in [0.25, 0.3) is 0 Å².